The highest BCUT2D eigenvalue weighted by atomic mass is 16.5. The van der Waals surface area contributed by atoms with Gasteiger partial charge in [0.05, 0.1) is 25.4 Å². The zero-order chi connectivity index (χ0) is 20.3. The quantitative estimate of drug-likeness (QED) is 0.657. The Bertz CT molecular complexity index is 714. The topological polar surface area (TPSA) is 56.8 Å². The smallest absolute Gasteiger partial charge is 0.407 e. The summed E-state index contributed by atoms with van der Waals surface area (Å²) in [6, 6.07) is 20.0. The van der Waals surface area contributed by atoms with Crippen LogP contribution in [0.15, 0.2) is 60.7 Å². The first-order chi connectivity index (χ1) is 14.2. The first kappa shape index (κ1) is 21.3. The van der Waals surface area contributed by atoms with Crippen LogP contribution in [-0.4, -0.2) is 30.9 Å². The summed E-state index contributed by atoms with van der Waals surface area (Å²) in [6.45, 7) is 3.54. The zero-order valence-corrected chi connectivity index (χ0v) is 17.1. The van der Waals surface area contributed by atoms with Gasteiger partial charge in [0.1, 0.15) is 6.61 Å². The van der Waals surface area contributed by atoms with Crippen LogP contribution < -0.4 is 5.32 Å². The summed E-state index contributed by atoms with van der Waals surface area (Å²) < 4.78 is 17.2. The lowest BCUT2D eigenvalue weighted by molar-refractivity contribution is -0.0651. The van der Waals surface area contributed by atoms with Crippen molar-refractivity contribution in [1.29, 1.82) is 0 Å². The Balaban J connectivity index is 1.27. The maximum Gasteiger partial charge on any atom is 0.407 e. The van der Waals surface area contributed by atoms with E-state index in [1.54, 1.807) is 0 Å². The molecule has 2 aromatic rings. The van der Waals surface area contributed by atoms with Gasteiger partial charge in [-0.25, -0.2) is 4.79 Å². The standard InChI is InChI=1S/C24H31NO4/c1-19(16-27-17-20-8-4-2-5-9-20)29-23-14-12-22(13-15-23)25-24(26)28-18-21-10-6-3-7-11-21/h2-11,19,22-23H,12-18H2,1H3,(H,25,26)/t19-,22?,23?/m0/s1. The number of benzene rings is 2. The van der Waals surface area contributed by atoms with Crippen LogP contribution in [0, 0.1) is 0 Å². The van der Waals surface area contributed by atoms with E-state index in [0.29, 0.717) is 19.8 Å². The molecule has 0 radical (unpaired) electrons. The maximum absolute atomic E-state index is 12.0. The molecule has 0 spiro atoms. The van der Waals surface area contributed by atoms with Crippen LogP contribution in [0.4, 0.5) is 4.79 Å². The average molecular weight is 398 g/mol. The SMILES string of the molecule is C[C@@H](COCc1ccccc1)OC1CCC(NC(=O)OCc2ccccc2)CC1. The molecule has 1 aliphatic rings. The highest BCUT2D eigenvalue weighted by Gasteiger charge is 2.24. The minimum absolute atomic E-state index is 0.0593. The van der Waals surface area contributed by atoms with Crippen molar-refractivity contribution in [2.75, 3.05) is 6.61 Å². The first-order valence-electron chi connectivity index (χ1n) is 10.4. The Hall–Kier alpha value is -2.37. The minimum atomic E-state index is -0.346. The Morgan fingerprint density at radius 3 is 2.14 bits per heavy atom. The molecule has 156 valence electrons. The number of nitrogens with one attached hydrogen (secondary N) is 1. The molecule has 29 heavy (non-hydrogen) atoms. The number of ether oxygens (including phenoxy) is 3. The van der Waals surface area contributed by atoms with E-state index in [-0.39, 0.29) is 24.3 Å². The molecule has 1 fully saturated rings. The van der Waals surface area contributed by atoms with Gasteiger partial charge >= 0.3 is 6.09 Å². The van der Waals surface area contributed by atoms with Gasteiger partial charge in [-0.05, 0) is 43.7 Å². The molecule has 0 aliphatic heterocycles. The van der Waals surface area contributed by atoms with Crippen molar-refractivity contribution in [3.05, 3.63) is 71.8 Å². The molecule has 0 unspecified atom stereocenters. The molecule has 5 nitrogen and oxygen atoms in total. The van der Waals surface area contributed by atoms with Crippen molar-refractivity contribution in [1.82, 2.24) is 5.32 Å². The zero-order valence-electron chi connectivity index (χ0n) is 17.1. The van der Waals surface area contributed by atoms with E-state index >= 15 is 0 Å². The second-order valence-corrected chi connectivity index (χ2v) is 7.63. The van der Waals surface area contributed by atoms with Crippen molar-refractivity contribution in [2.45, 2.75) is 64.1 Å². The predicted molar refractivity (Wildman–Crippen MR) is 112 cm³/mol. The Kier molecular flexibility index (Phi) is 8.53. The van der Waals surface area contributed by atoms with Crippen LogP contribution in [0.25, 0.3) is 0 Å². The highest BCUT2D eigenvalue weighted by Crippen LogP contribution is 2.22. The second-order valence-electron chi connectivity index (χ2n) is 7.63. The third-order valence-electron chi connectivity index (χ3n) is 5.10. The Labute approximate surface area is 173 Å². The van der Waals surface area contributed by atoms with Gasteiger partial charge in [0.25, 0.3) is 0 Å². The van der Waals surface area contributed by atoms with Crippen LogP contribution in [0.2, 0.25) is 0 Å². The fourth-order valence-corrected chi connectivity index (χ4v) is 3.56. The summed E-state index contributed by atoms with van der Waals surface area (Å²) in [5.74, 6) is 0. The van der Waals surface area contributed by atoms with Crippen LogP contribution in [-0.2, 0) is 27.4 Å². The molecule has 1 atom stereocenters. The van der Waals surface area contributed by atoms with Gasteiger partial charge in [0.15, 0.2) is 0 Å². The summed E-state index contributed by atoms with van der Waals surface area (Å²) >= 11 is 0. The van der Waals surface area contributed by atoms with Gasteiger partial charge in [0, 0.05) is 6.04 Å². The van der Waals surface area contributed by atoms with E-state index in [4.69, 9.17) is 14.2 Å². The van der Waals surface area contributed by atoms with E-state index in [2.05, 4.69) is 24.4 Å². The van der Waals surface area contributed by atoms with Crippen molar-refractivity contribution in [3.8, 4) is 0 Å². The van der Waals surface area contributed by atoms with Gasteiger partial charge in [-0.2, -0.15) is 0 Å². The Morgan fingerprint density at radius 2 is 1.52 bits per heavy atom. The summed E-state index contributed by atoms with van der Waals surface area (Å²) in [6.07, 6.45) is 3.62. The van der Waals surface area contributed by atoms with E-state index in [0.717, 1.165) is 31.2 Å². The number of rotatable bonds is 9. The second kappa shape index (κ2) is 11.6. The molecule has 1 amide bonds. The number of hydrogen-bond donors (Lipinski definition) is 1. The number of hydrogen-bond acceptors (Lipinski definition) is 4. The molecule has 5 heteroatoms. The molecular weight excluding hydrogens is 366 g/mol. The van der Waals surface area contributed by atoms with Crippen LogP contribution in [0.3, 0.4) is 0 Å². The van der Waals surface area contributed by atoms with Crippen molar-refractivity contribution in [3.63, 3.8) is 0 Å². The number of carbonyl (C=O) groups excluding carboxylic acids is 1. The Morgan fingerprint density at radius 1 is 0.931 bits per heavy atom. The lowest BCUT2D eigenvalue weighted by Gasteiger charge is -2.30. The monoisotopic (exact) mass is 397 g/mol. The van der Waals surface area contributed by atoms with Crippen molar-refractivity contribution in [2.24, 2.45) is 0 Å². The largest absolute Gasteiger partial charge is 0.445 e. The number of alkyl carbamates (subject to hydrolysis) is 1. The van der Waals surface area contributed by atoms with Crippen molar-refractivity contribution < 1.29 is 19.0 Å². The van der Waals surface area contributed by atoms with E-state index in [9.17, 15) is 4.79 Å². The molecule has 3 rings (SSSR count). The summed E-state index contributed by atoms with van der Waals surface area (Å²) in [4.78, 5) is 12.0. The maximum atomic E-state index is 12.0. The molecule has 1 aliphatic carbocycles. The fourth-order valence-electron chi connectivity index (χ4n) is 3.56. The van der Waals surface area contributed by atoms with Crippen LogP contribution in [0.5, 0.6) is 0 Å². The summed E-state index contributed by atoms with van der Waals surface area (Å²) in [5.41, 5.74) is 2.16. The third kappa shape index (κ3) is 7.87. The lowest BCUT2D eigenvalue weighted by Crippen LogP contribution is -2.40. The summed E-state index contributed by atoms with van der Waals surface area (Å²) in [7, 11) is 0. The van der Waals surface area contributed by atoms with Gasteiger partial charge in [-0.15, -0.1) is 0 Å². The van der Waals surface area contributed by atoms with Crippen molar-refractivity contribution >= 4 is 6.09 Å². The molecule has 1 N–H and O–H groups in total. The third-order valence-corrected chi connectivity index (χ3v) is 5.10. The lowest BCUT2D eigenvalue weighted by atomic mass is 9.93. The predicted octanol–water partition coefficient (Wildman–Crippen LogP) is 4.85. The highest BCUT2D eigenvalue weighted by molar-refractivity contribution is 5.67. The number of carbonyl (C=O) groups is 1. The van der Waals surface area contributed by atoms with Gasteiger partial charge in [0.2, 0.25) is 0 Å². The van der Waals surface area contributed by atoms with E-state index in [1.807, 2.05) is 48.5 Å². The molecule has 0 heterocycles. The molecule has 1 saturated carbocycles. The first-order valence-corrected chi connectivity index (χ1v) is 10.4. The molecule has 0 aromatic heterocycles. The van der Waals surface area contributed by atoms with Gasteiger partial charge in [-0.1, -0.05) is 60.7 Å². The van der Waals surface area contributed by atoms with Crippen LogP contribution in [0.1, 0.15) is 43.7 Å². The molecular formula is C24H31NO4. The fraction of sp³-hybridized carbons (Fsp3) is 0.458. The summed E-state index contributed by atoms with van der Waals surface area (Å²) in [5, 5.41) is 2.97. The molecule has 0 bridgehead atoms. The van der Waals surface area contributed by atoms with E-state index in [1.165, 1.54) is 5.56 Å². The number of amides is 1. The average Bonchev–Trinajstić information content (AvgIpc) is 2.75. The minimum Gasteiger partial charge on any atom is -0.445 e. The molecule has 2 aromatic carbocycles. The van der Waals surface area contributed by atoms with Gasteiger partial charge in [-0.3, -0.25) is 0 Å². The van der Waals surface area contributed by atoms with E-state index < -0.39 is 0 Å². The van der Waals surface area contributed by atoms with Crippen LogP contribution >= 0.6 is 0 Å². The normalized spacial score (nSPS) is 20.0. The molecule has 0 saturated heterocycles. The van der Waals surface area contributed by atoms with Gasteiger partial charge < -0.3 is 19.5 Å².